The van der Waals surface area contributed by atoms with Crippen LogP contribution in [0.15, 0.2) is 53.4 Å². The summed E-state index contributed by atoms with van der Waals surface area (Å²) < 4.78 is 27.2. The smallest absolute Gasteiger partial charge is 0.240 e. The largest absolute Gasteiger partial charge is 0.274 e. The molecule has 0 radical (unpaired) electrons. The van der Waals surface area contributed by atoms with E-state index < -0.39 is 10.0 Å². The number of amides is 2. The van der Waals surface area contributed by atoms with Crippen molar-refractivity contribution in [3.8, 4) is 0 Å². The predicted octanol–water partition coefficient (Wildman–Crippen LogP) is 2.47. The van der Waals surface area contributed by atoms with E-state index in [4.69, 9.17) is 11.6 Å². The maximum Gasteiger partial charge on any atom is 0.240 e. The van der Waals surface area contributed by atoms with Crippen molar-refractivity contribution in [2.75, 3.05) is 4.90 Å². The van der Waals surface area contributed by atoms with Gasteiger partial charge in [0.1, 0.15) is 0 Å². The molecule has 0 spiro atoms. The molecular weight excluding hydrogens is 364 g/mol. The number of carbonyl (C=O) groups excluding carboxylic acids is 2. The maximum atomic E-state index is 12.3. The summed E-state index contributed by atoms with van der Waals surface area (Å²) in [5.41, 5.74) is 1.15. The lowest BCUT2D eigenvalue weighted by molar-refractivity contribution is -0.121. The zero-order chi connectivity index (χ0) is 18.0. The Morgan fingerprint density at radius 1 is 0.920 bits per heavy atom. The molecule has 0 atom stereocenters. The Morgan fingerprint density at radius 3 is 2.04 bits per heavy atom. The number of hydrogen-bond acceptors (Lipinski definition) is 4. The number of nitrogens with one attached hydrogen (secondary N) is 1. The predicted molar refractivity (Wildman–Crippen MR) is 93.6 cm³/mol. The summed E-state index contributed by atoms with van der Waals surface area (Å²) in [6.45, 7) is 0.129. The second-order valence-corrected chi connectivity index (χ2v) is 7.77. The minimum atomic E-state index is -3.71. The molecule has 3 rings (SSSR count). The first-order chi connectivity index (χ1) is 11.9. The summed E-state index contributed by atoms with van der Waals surface area (Å²) in [5.74, 6) is -0.553. The van der Waals surface area contributed by atoms with Crippen LogP contribution in [0.3, 0.4) is 0 Å². The molecule has 1 aliphatic heterocycles. The van der Waals surface area contributed by atoms with Crippen LogP contribution >= 0.6 is 11.6 Å². The van der Waals surface area contributed by atoms with Crippen molar-refractivity contribution in [2.45, 2.75) is 24.3 Å². The van der Waals surface area contributed by atoms with E-state index in [0.717, 1.165) is 10.5 Å². The van der Waals surface area contributed by atoms with Crippen LogP contribution in [0.2, 0.25) is 5.02 Å². The fourth-order valence-electron chi connectivity index (χ4n) is 2.50. The lowest BCUT2D eigenvalue weighted by Gasteiger charge is -2.14. The Kier molecular flexibility index (Phi) is 4.89. The first-order valence-electron chi connectivity index (χ1n) is 7.57. The van der Waals surface area contributed by atoms with Gasteiger partial charge < -0.3 is 0 Å². The zero-order valence-corrected chi connectivity index (χ0v) is 14.7. The molecule has 1 saturated heterocycles. The Morgan fingerprint density at radius 2 is 1.48 bits per heavy atom. The topological polar surface area (TPSA) is 83.6 Å². The molecule has 1 heterocycles. The van der Waals surface area contributed by atoms with Gasteiger partial charge in [0.25, 0.3) is 0 Å². The van der Waals surface area contributed by atoms with Crippen LogP contribution in [-0.4, -0.2) is 20.2 Å². The zero-order valence-electron chi connectivity index (χ0n) is 13.1. The third-order valence-electron chi connectivity index (χ3n) is 3.84. The molecule has 0 bridgehead atoms. The van der Waals surface area contributed by atoms with Crippen molar-refractivity contribution in [1.29, 1.82) is 0 Å². The van der Waals surface area contributed by atoms with E-state index >= 15 is 0 Å². The molecule has 1 aliphatic rings. The second kappa shape index (κ2) is 6.95. The number of carbonyl (C=O) groups is 2. The lowest BCUT2D eigenvalue weighted by atomic mass is 10.2. The standard InChI is InChI=1S/C17H15ClN2O4S/c18-13-3-1-12(2-4-13)11-19-25(23,24)15-7-5-14(6-8-15)20-16(21)9-10-17(20)22/h1-8,19H,9-11H2. The van der Waals surface area contributed by atoms with Crippen LogP contribution in [0.1, 0.15) is 18.4 Å². The fourth-order valence-corrected chi connectivity index (χ4v) is 3.65. The van der Waals surface area contributed by atoms with E-state index in [1.165, 1.54) is 24.3 Å². The first-order valence-corrected chi connectivity index (χ1v) is 9.43. The average Bonchev–Trinajstić information content (AvgIpc) is 2.93. The summed E-state index contributed by atoms with van der Waals surface area (Å²) in [5, 5.41) is 0.577. The molecule has 0 unspecified atom stereocenters. The molecule has 25 heavy (non-hydrogen) atoms. The highest BCUT2D eigenvalue weighted by molar-refractivity contribution is 7.89. The molecule has 0 aliphatic carbocycles. The van der Waals surface area contributed by atoms with Gasteiger partial charge in [0, 0.05) is 24.4 Å². The van der Waals surface area contributed by atoms with Gasteiger partial charge in [-0.25, -0.2) is 13.1 Å². The quantitative estimate of drug-likeness (QED) is 0.810. The van der Waals surface area contributed by atoms with Crippen molar-refractivity contribution >= 4 is 39.1 Å². The van der Waals surface area contributed by atoms with Gasteiger partial charge in [-0.2, -0.15) is 0 Å². The van der Waals surface area contributed by atoms with Crippen molar-refractivity contribution in [3.63, 3.8) is 0 Å². The second-order valence-electron chi connectivity index (χ2n) is 5.57. The highest BCUT2D eigenvalue weighted by atomic mass is 35.5. The Balaban J connectivity index is 1.73. The number of hydrogen-bond donors (Lipinski definition) is 1. The van der Waals surface area contributed by atoms with Gasteiger partial charge in [0.15, 0.2) is 0 Å². The van der Waals surface area contributed by atoms with Crippen LogP contribution in [0, 0.1) is 0 Å². The summed E-state index contributed by atoms with van der Waals surface area (Å²) in [6.07, 6.45) is 0.364. The number of halogens is 1. The van der Waals surface area contributed by atoms with Gasteiger partial charge in [0.05, 0.1) is 10.6 Å². The average molecular weight is 379 g/mol. The van der Waals surface area contributed by atoms with E-state index in [1.807, 2.05) is 0 Å². The normalized spacial score (nSPS) is 15.0. The summed E-state index contributed by atoms with van der Waals surface area (Å²) >= 11 is 5.80. The van der Waals surface area contributed by atoms with Gasteiger partial charge >= 0.3 is 0 Å². The van der Waals surface area contributed by atoms with E-state index in [1.54, 1.807) is 24.3 Å². The summed E-state index contributed by atoms with van der Waals surface area (Å²) in [6, 6.07) is 12.5. The monoisotopic (exact) mass is 378 g/mol. The molecule has 130 valence electrons. The van der Waals surface area contributed by atoms with Gasteiger partial charge in [-0.3, -0.25) is 14.5 Å². The molecule has 2 amide bonds. The van der Waals surface area contributed by atoms with Crippen LogP contribution in [0.25, 0.3) is 0 Å². The van der Waals surface area contributed by atoms with Crippen molar-refractivity contribution in [2.24, 2.45) is 0 Å². The highest BCUT2D eigenvalue weighted by Crippen LogP contribution is 2.24. The van der Waals surface area contributed by atoms with E-state index in [2.05, 4.69) is 4.72 Å². The lowest BCUT2D eigenvalue weighted by Crippen LogP contribution is -2.28. The molecule has 2 aromatic carbocycles. The van der Waals surface area contributed by atoms with E-state index in [-0.39, 0.29) is 36.1 Å². The number of sulfonamides is 1. The van der Waals surface area contributed by atoms with Gasteiger partial charge in [-0.1, -0.05) is 23.7 Å². The first kappa shape index (κ1) is 17.6. The molecule has 8 heteroatoms. The third kappa shape index (κ3) is 3.89. The Labute approximate surface area is 150 Å². The van der Waals surface area contributed by atoms with Crippen molar-refractivity contribution < 1.29 is 18.0 Å². The molecule has 2 aromatic rings. The van der Waals surface area contributed by atoms with Crippen LogP contribution in [0.4, 0.5) is 5.69 Å². The van der Waals surface area contributed by atoms with Crippen LogP contribution < -0.4 is 9.62 Å². The van der Waals surface area contributed by atoms with Crippen molar-refractivity contribution in [1.82, 2.24) is 4.72 Å². The summed E-state index contributed by atoms with van der Waals surface area (Å²) in [4.78, 5) is 24.6. The van der Waals surface area contributed by atoms with E-state index in [0.29, 0.717) is 10.7 Å². The Hall–Kier alpha value is -2.22. The minimum Gasteiger partial charge on any atom is -0.274 e. The molecule has 1 fully saturated rings. The molecule has 0 aromatic heterocycles. The molecular formula is C17H15ClN2O4S. The minimum absolute atomic E-state index is 0.0595. The van der Waals surface area contributed by atoms with Gasteiger partial charge in [-0.15, -0.1) is 0 Å². The SMILES string of the molecule is O=C1CCC(=O)N1c1ccc(S(=O)(=O)NCc2ccc(Cl)cc2)cc1. The molecule has 6 nitrogen and oxygen atoms in total. The fraction of sp³-hybridized carbons (Fsp3) is 0.176. The van der Waals surface area contributed by atoms with Gasteiger partial charge in [-0.05, 0) is 42.0 Å². The molecule has 1 N–H and O–H groups in total. The molecule has 0 saturated carbocycles. The number of imide groups is 1. The number of nitrogens with zero attached hydrogens (tertiary/aromatic N) is 1. The van der Waals surface area contributed by atoms with Gasteiger partial charge in [0.2, 0.25) is 21.8 Å². The van der Waals surface area contributed by atoms with Crippen LogP contribution in [0.5, 0.6) is 0 Å². The Bertz CT molecular complexity index is 893. The highest BCUT2D eigenvalue weighted by Gasteiger charge is 2.30. The number of benzene rings is 2. The van der Waals surface area contributed by atoms with E-state index in [9.17, 15) is 18.0 Å². The van der Waals surface area contributed by atoms with Crippen molar-refractivity contribution in [3.05, 3.63) is 59.1 Å². The summed E-state index contributed by atoms with van der Waals surface area (Å²) in [7, 11) is -3.71. The number of rotatable bonds is 5. The maximum absolute atomic E-state index is 12.3. The van der Waals surface area contributed by atoms with Crippen LogP contribution in [-0.2, 0) is 26.2 Å². The number of anilines is 1. The third-order valence-corrected chi connectivity index (χ3v) is 5.51.